The van der Waals surface area contributed by atoms with Crippen LogP contribution < -0.4 is 15.4 Å². The summed E-state index contributed by atoms with van der Waals surface area (Å²) in [4.78, 5) is 22.4. The minimum Gasteiger partial charge on any atom is -0.497 e. The lowest BCUT2D eigenvalue weighted by Gasteiger charge is -2.19. The molecule has 4 rings (SSSR count). The van der Waals surface area contributed by atoms with Crippen molar-refractivity contribution in [3.8, 4) is 17.0 Å². The molecule has 9 nitrogen and oxygen atoms in total. The summed E-state index contributed by atoms with van der Waals surface area (Å²) >= 11 is 3.30. The number of aromatic nitrogens is 4. The number of nitrogens with zero attached hydrogens (tertiary/aromatic N) is 4. The Kier molecular flexibility index (Phi) is 8.68. The molecule has 38 heavy (non-hydrogen) atoms. The van der Waals surface area contributed by atoms with Gasteiger partial charge in [0.15, 0.2) is 0 Å². The number of carbonyl (C=O) groups is 1. The number of thiazole rings is 1. The van der Waals surface area contributed by atoms with Gasteiger partial charge in [0.2, 0.25) is 5.95 Å². The van der Waals surface area contributed by atoms with Crippen LogP contribution in [0.25, 0.3) is 21.5 Å². The van der Waals surface area contributed by atoms with Crippen molar-refractivity contribution < 1.29 is 14.3 Å². The summed E-state index contributed by atoms with van der Waals surface area (Å²) in [6, 6.07) is 10.1. The monoisotopic (exact) mass is 552 g/mol. The number of alkyl carbamates (subject to hydrolysis) is 1. The number of aryl methyl sites for hydroxylation is 2. The van der Waals surface area contributed by atoms with E-state index in [1.54, 1.807) is 36.4 Å². The first-order chi connectivity index (χ1) is 18.1. The minimum absolute atomic E-state index is 0.398. The normalized spacial score (nSPS) is 11.4. The van der Waals surface area contributed by atoms with Crippen LogP contribution in [0.3, 0.4) is 0 Å². The van der Waals surface area contributed by atoms with Gasteiger partial charge in [-0.3, -0.25) is 0 Å². The first-order valence-corrected chi connectivity index (χ1v) is 14.0. The van der Waals surface area contributed by atoms with E-state index in [2.05, 4.69) is 51.8 Å². The lowest BCUT2D eigenvalue weighted by molar-refractivity contribution is 0.0531. The number of ether oxygens (including phenoxy) is 2. The Hall–Kier alpha value is -3.44. The number of rotatable bonds is 9. The number of methoxy groups -OCH3 is 1. The Labute approximate surface area is 230 Å². The number of anilines is 1. The van der Waals surface area contributed by atoms with Crippen molar-refractivity contribution in [3.63, 3.8) is 0 Å². The van der Waals surface area contributed by atoms with Crippen molar-refractivity contribution in [2.24, 2.45) is 0 Å². The van der Waals surface area contributed by atoms with Crippen LogP contribution in [0.15, 0.2) is 41.4 Å². The molecule has 0 aliphatic rings. The largest absolute Gasteiger partial charge is 0.497 e. The predicted octanol–water partition coefficient (Wildman–Crippen LogP) is 6.00. The lowest BCUT2D eigenvalue weighted by atomic mass is 10.0. The molecule has 0 spiro atoms. The Bertz CT molecular complexity index is 1410. The van der Waals surface area contributed by atoms with Crippen molar-refractivity contribution in [2.45, 2.75) is 51.7 Å². The highest BCUT2D eigenvalue weighted by Gasteiger charge is 2.16. The molecule has 0 saturated carbocycles. The highest BCUT2D eigenvalue weighted by atomic mass is 32.2. The maximum atomic E-state index is 11.8. The van der Waals surface area contributed by atoms with Crippen molar-refractivity contribution in [2.75, 3.05) is 24.7 Å². The maximum absolute atomic E-state index is 11.8. The lowest BCUT2D eigenvalue weighted by Crippen LogP contribution is -2.33. The molecule has 4 aromatic rings. The Morgan fingerprint density at radius 3 is 2.58 bits per heavy atom. The molecule has 0 bridgehead atoms. The third-order valence-electron chi connectivity index (χ3n) is 5.40. The molecule has 0 aliphatic heterocycles. The molecule has 0 saturated heterocycles. The fourth-order valence-corrected chi connectivity index (χ4v) is 5.71. The van der Waals surface area contributed by atoms with Gasteiger partial charge in [-0.2, -0.15) is 5.10 Å². The molecule has 0 unspecified atom stereocenters. The minimum atomic E-state index is -0.503. The number of hydrogen-bond donors (Lipinski definition) is 2. The van der Waals surface area contributed by atoms with Gasteiger partial charge in [-0.15, -0.1) is 28.2 Å². The number of benzene rings is 2. The molecule has 2 heterocycles. The number of hydrogen-bond acceptors (Lipinski definition) is 10. The van der Waals surface area contributed by atoms with Gasteiger partial charge >= 0.3 is 6.09 Å². The number of nitrogens with one attached hydrogen (secondary N) is 2. The predicted molar refractivity (Wildman–Crippen MR) is 153 cm³/mol. The van der Waals surface area contributed by atoms with E-state index in [0.29, 0.717) is 19.0 Å². The van der Waals surface area contributed by atoms with Crippen molar-refractivity contribution in [3.05, 3.63) is 52.7 Å². The van der Waals surface area contributed by atoms with E-state index in [4.69, 9.17) is 14.5 Å². The average Bonchev–Trinajstić information content (AvgIpc) is 3.26. The van der Waals surface area contributed by atoms with Crippen LogP contribution in [0, 0.1) is 13.8 Å². The second-order valence-electron chi connectivity index (χ2n) is 9.67. The molecule has 2 aromatic carbocycles. The Morgan fingerprint density at radius 1 is 1.11 bits per heavy atom. The Morgan fingerprint density at radius 2 is 1.87 bits per heavy atom. The topological polar surface area (TPSA) is 111 Å². The van der Waals surface area contributed by atoms with Gasteiger partial charge in [0.05, 0.1) is 35.8 Å². The summed E-state index contributed by atoms with van der Waals surface area (Å²) in [5.74, 6) is 1.97. The van der Waals surface area contributed by atoms with Crippen LogP contribution in [0.2, 0.25) is 0 Å². The molecule has 2 aromatic heterocycles. The standard InChI is InChI=1S/C27H32N6O3S2/c1-16-11-19(37-10-9-28-26(34)36-27(3,4)5)12-17(2)24(16)21-14-30-33-25(32-21)29-15-23-31-20-13-18(35-6)7-8-22(20)38-23/h7-8,11-14H,9-10,15H2,1-6H3,(H,28,34)(H,29,32,33). The summed E-state index contributed by atoms with van der Waals surface area (Å²) < 4.78 is 11.7. The van der Waals surface area contributed by atoms with Gasteiger partial charge < -0.3 is 20.1 Å². The summed E-state index contributed by atoms with van der Waals surface area (Å²) in [6.45, 7) is 10.7. The first kappa shape index (κ1) is 27.6. The first-order valence-electron chi connectivity index (χ1n) is 12.2. The fraction of sp³-hybridized carbons (Fsp3) is 0.370. The molecule has 1 amide bonds. The summed E-state index contributed by atoms with van der Waals surface area (Å²) in [6.07, 6.45) is 1.28. The maximum Gasteiger partial charge on any atom is 0.407 e. The molecular formula is C27H32N6O3S2. The summed E-state index contributed by atoms with van der Waals surface area (Å²) in [5.41, 5.74) is 4.39. The van der Waals surface area contributed by atoms with Crippen LogP contribution in [0.5, 0.6) is 5.75 Å². The second kappa shape index (κ2) is 12.0. The fourth-order valence-electron chi connectivity index (χ4n) is 3.86. The van der Waals surface area contributed by atoms with E-state index in [1.807, 2.05) is 39.0 Å². The van der Waals surface area contributed by atoms with Crippen LogP contribution >= 0.6 is 23.1 Å². The van der Waals surface area contributed by atoms with Crippen molar-refractivity contribution >= 4 is 45.4 Å². The van der Waals surface area contributed by atoms with E-state index < -0.39 is 11.7 Å². The van der Waals surface area contributed by atoms with E-state index in [-0.39, 0.29) is 0 Å². The quantitative estimate of drug-likeness (QED) is 0.191. The smallest absolute Gasteiger partial charge is 0.407 e. The zero-order chi connectivity index (χ0) is 27.3. The summed E-state index contributed by atoms with van der Waals surface area (Å²) in [5, 5.41) is 15.3. The molecule has 11 heteroatoms. The zero-order valence-electron chi connectivity index (χ0n) is 22.4. The molecule has 0 fully saturated rings. The van der Waals surface area contributed by atoms with Gasteiger partial charge in [0.25, 0.3) is 0 Å². The molecule has 0 aliphatic carbocycles. The van der Waals surface area contributed by atoms with E-state index >= 15 is 0 Å². The summed E-state index contributed by atoms with van der Waals surface area (Å²) in [7, 11) is 1.65. The number of thioether (sulfide) groups is 1. The number of carbonyl (C=O) groups excluding carboxylic acids is 1. The zero-order valence-corrected chi connectivity index (χ0v) is 24.0. The van der Waals surface area contributed by atoms with Crippen LogP contribution in [-0.4, -0.2) is 51.3 Å². The molecule has 2 N–H and O–H groups in total. The van der Waals surface area contributed by atoms with Crippen LogP contribution in [0.1, 0.15) is 36.9 Å². The van der Waals surface area contributed by atoms with E-state index in [1.165, 1.54) is 0 Å². The van der Waals surface area contributed by atoms with Crippen molar-refractivity contribution in [1.29, 1.82) is 0 Å². The molecule has 200 valence electrons. The molecular weight excluding hydrogens is 520 g/mol. The van der Waals surface area contributed by atoms with E-state index in [9.17, 15) is 4.79 Å². The Balaban J connectivity index is 1.38. The third kappa shape index (κ3) is 7.32. The van der Waals surface area contributed by atoms with Gasteiger partial charge in [-0.1, -0.05) is 0 Å². The van der Waals surface area contributed by atoms with Gasteiger partial charge in [0.1, 0.15) is 16.4 Å². The highest BCUT2D eigenvalue weighted by molar-refractivity contribution is 7.99. The van der Waals surface area contributed by atoms with Crippen LogP contribution in [0.4, 0.5) is 10.7 Å². The second-order valence-corrected chi connectivity index (χ2v) is 12.0. The van der Waals surface area contributed by atoms with Crippen molar-refractivity contribution in [1.82, 2.24) is 25.5 Å². The van der Waals surface area contributed by atoms with Gasteiger partial charge in [0, 0.05) is 28.8 Å². The number of fused-ring (bicyclic) bond motifs is 1. The highest BCUT2D eigenvalue weighted by Crippen LogP contribution is 2.31. The molecule has 0 radical (unpaired) electrons. The average molecular weight is 553 g/mol. The molecule has 0 atom stereocenters. The van der Waals surface area contributed by atoms with Gasteiger partial charge in [-0.05, 0) is 70.0 Å². The van der Waals surface area contributed by atoms with Gasteiger partial charge in [-0.25, -0.2) is 14.8 Å². The van der Waals surface area contributed by atoms with E-state index in [0.717, 1.165) is 54.0 Å². The SMILES string of the molecule is COc1ccc2sc(CNc3nncc(-c4c(C)cc(SCCNC(=O)OC(C)(C)C)cc4C)n3)nc2c1. The number of amides is 1. The third-order valence-corrected chi connectivity index (χ3v) is 7.41. The van der Waals surface area contributed by atoms with Crippen LogP contribution in [-0.2, 0) is 11.3 Å².